The lowest BCUT2D eigenvalue weighted by molar-refractivity contribution is 0.0487. The average molecular weight is 291 g/mol. The van der Waals surface area contributed by atoms with Crippen LogP contribution in [-0.2, 0) is 0 Å². The Balaban J connectivity index is 0.00000225. The summed E-state index contributed by atoms with van der Waals surface area (Å²) in [5.74, 6) is 0. The van der Waals surface area contributed by atoms with Crippen molar-refractivity contribution in [3.05, 3.63) is 12.3 Å². The van der Waals surface area contributed by atoms with E-state index >= 15 is 0 Å². The molecule has 0 fully saturated rings. The van der Waals surface area contributed by atoms with Crippen LogP contribution in [0.5, 0.6) is 0 Å². The van der Waals surface area contributed by atoms with Crippen LogP contribution in [0.2, 0.25) is 0 Å². The standard InChI is InChI=1S/C13H26N2.BrH/c1-3-5-7-8-11-15-13-9-12-14(15)10-6-4-2;/h9,12H,3-8,10-11,13H2,1-2H3;1H. The van der Waals surface area contributed by atoms with Gasteiger partial charge in [0.2, 0.25) is 0 Å². The SMILES string of the molecule is Br.CCCCCCN1CC=CN1CCCC. The van der Waals surface area contributed by atoms with Crippen LogP contribution in [0.1, 0.15) is 52.4 Å². The molecule has 16 heavy (non-hydrogen) atoms. The summed E-state index contributed by atoms with van der Waals surface area (Å²) in [6, 6.07) is 0. The Morgan fingerprint density at radius 3 is 2.38 bits per heavy atom. The fourth-order valence-corrected chi connectivity index (χ4v) is 1.97. The lowest BCUT2D eigenvalue weighted by Gasteiger charge is -2.29. The third-order valence-corrected chi connectivity index (χ3v) is 2.97. The third kappa shape index (κ3) is 5.90. The molecule has 2 nitrogen and oxygen atoms in total. The zero-order valence-electron chi connectivity index (χ0n) is 10.8. The predicted molar refractivity (Wildman–Crippen MR) is 76.8 cm³/mol. The van der Waals surface area contributed by atoms with E-state index in [0.717, 1.165) is 6.54 Å². The van der Waals surface area contributed by atoms with Crippen molar-refractivity contribution in [2.75, 3.05) is 19.6 Å². The van der Waals surface area contributed by atoms with Gasteiger partial charge in [-0.2, -0.15) is 0 Å². The number of hydrazine groups is 1. The summed E-state index contributed by atoms with van der Waals surface area (Å²) >= 11 is 0. The Morgan fingerprint density at radius 1 is 0.938 bits per heavy atom. The van der Waals surface area contributed by atoms with Gasteiger partial charge in [-0.15, -0.1) is 17.0 Å². The van der Waals surface area contributed by atoms with E-state index in [0.29, 0.717) is 0 Å². The molecule has 3 heteroatoms. The van der Waals surface area contributed by atoms with Crippen molar-refractivity contribution in [3.8, 4) is 0 Å². The minimum absolute atomic E-state index is 0. The van der Waals surface area contributed by atoms with Crippen LogP contribution in [0, 0.1) is 0 Å². The number of halogens is 1. The second kappa shape index (κ2) is 10.2. The van der Waals surface area contributed by atoms with E-state index in [4.69, 9.17) is 0 Å². The highest BCUT2D eigenvalue weighted by Gasteiger charge is 2.13. The van der Waals surface area contributed by atoms with Crippen LogP contribution in [0.15, 0.2) is 12.3 Å². The molecular weight excluding hydrogens is 264 g/mol. The molecule has 1 heterocycles. The molecule has 0 amide bonds. The van der Waals surface area contributed by atoms with Gasteiger partial charge in [0.15, 0.2) is 0 Å². The molecule has 1 aliphatic rings. The normalized spacial score (nSPS) is 15.5. The molecule has 0 bridgehead atoms. The van der Waals surface area contributed by atoms with Crippen molar-refractivity contribution in [1.82, 2.24) is 10.0 Å². The van der Waals surface area contributed by atoms with E-state index in [1.807, 2.05) is 0 Å². The molecule has 0 spiro atoms. The van der Waals surface area contributed by atoms with Crippen molar-refractivity contribution >= 4 is 17.0 Å². The maximum absolute atomic E-state index is 2.48. The number of hydrogen-bond acceptors (Lipinski definition) is 2. The molecule has 96 valence electrons. The van der Waals surface area contributed by atoms with Crippen molar-refractivity contribution in [2.24, 2.45) is 0 Å². The van der Waals surface area contributed by atoms with Crippen molar-refractivity contribution in [3.63, 3.8) is 0 Å². The lowest BCUT2D eigenvalue weighted by Crippen LogP contribution is -2.36. The summed E-state index contributed by atoms with van der Waals surface area (Å²) in [7, 11) is 0. The molecule has 0 aromatic heterocycles. The second-order valence-electron chi connectivity index (χ2n) is 4.37. The van der Waals surface area contributed by atoms with Gasteiger partial charge >= 0.3 is 0 Å². The van der Waals surface area contributed by atoms with Crippen LogP contribution >= 0.6 is 17.0 Å². The molecule has 0 aromatic carbocycles. The molecule has 0 radical (unpaired) electrons. The highest BCUT2D eigenvalue weighted by Crippen LogP contribution is 2.11. The first-order valence-electron chi connectivity index (χ1n) is 6.56. The van der Waals surface area contributed by atoms with Crippen molar-refractivity contribution in [2.45, 2.75) is 52.4 Å². The Labute approximate surface area is 111 Å². The average Bonchev–Trinajstić information content (AvgIpc) is 2.69. The first-order valence-corrected chi connectivity index (χ1v) is 6.56. The van der Waals surface area contributed by atoms with E-state index in [1.54, 1.807) is 0 Å². The van der Waals surface area contributed by atoms with Crippen LogP contribution in [0.4, 0.5) is 0 Å². The summed E-state index contributed by atoms with van der Waals surface area (Å²) in [5, 5.41) is 4.88. The highest BCUT2D eigenvalue weighted by molar-refractivity contribution is 8.93. The van der Waals surface area contributed by atoms with Crippen molar-refractivity contribution < 1.29 is 0 Å². The zero-order chi connectivity index (χ0) is 10.9. The summed E-state index contributed by atoms with van der Waals surface area (Å²) < 4.78 is 0. The van der Waals surface area contributed by atoms with E-state index < -0.39 is 0 Å². The van der Waals surface area contributed by atoms with Crippen molar-refractivity contribution in [1.29, 1.82) is 0 Å². The van der Waals surface area contributed by atoms with E-state index in [2.05, 4.69) is 36.1 Å². The largest absolute Gasteiger partial charge is 0.313 e. The van der Waals surface area contributed by atoms with Gasteiger partial charge in [-0.1, -0.05) is 45.6 Å². The smallest absolute Gasteiger partial charge is 0.0379 e. The van der Waals surface area contributed by atoms with Gasteiger partial charge in [0.1, 0.15) is 0 Å². The lowest BCUT2D eigenvalue weighted by atomic mass is 10.2. The molecule has 0 saturated heterocycles. The van der Waals surface area contributed by atoms with Crippen LogP contribution in [-0.4, -0.2) is 29.7 Å². The molecule has 0 N–H and O–H groups in total. The number of hydrogen-bond donors (Lipinski definition) is 0. The molecule has 1 aliphatic heterocycles. The first kappa shape index (κ1) is 16.0. The van der Waals surface area contributed by atoms with Gasteiger partial charge in [-0.25, -0.2) is 5.01 Å². The summed E-state index contributed by atoms with van der Waals surface area (Å²) in [6.45, 7) is 8.07. The Kier molecular flexibility index (Phi) is 10.1. The minimum atomic E-state index is 0. The molecule has 0 aliphatic carbocycles. The van der Waals surface area contributed by atoms with Gasteiger partial charge in [0.25, 0.3) is 0 Å². The van der Waals surface area contributed by atoms with Gasteiger partial charge in [-0.05, 0) is 12.8 Å². The van der Waals surface area contributed by atoms with E-state index in [1.165, 1.54) is 51.6 Å². The topological polar surface area (TPSA) is 6.48 Å². The fraction of sp³-hybridized carbons (Fsp3) is 0.846. The second-order valence-corrected chi connectivity index (χ2v) is 4.37. The monoisotopic (exact) mass is 290 g/mol. The van der Waals surface area contributed by atoms with E-state index in [9.17, 15) is 0 Å². The van der Waals surface area contributed by atoms with Gasteiger partial charge < -0.3 is 5.01 Å². The highest BCUT2D eigenvalue weighted by atomic mass is 79.9. The number of unbranched alkanes of at least 4 members (excludes halogenated alkanes) is 4. The van der Waals surface area contributed by atoms with Gasteiger partial charge in [0, 0.05) is 25.8 Å². The molecule has 0 saturated carbocycles. The quantitative estimate of drug-likeness (QED) is 0.624. The summed E-state index contributed by atoms with van der Waals surface area (Å²) in [6.07, 6.45) is 12.6. The van der Waals surface area contributed by atoms with Gasteiger partial charge in [0.05, 0.1) is 0 Å². The fourth-order valence-electron chi connectivity index (χ4n) is 1.97. The first-order chi connectivity index (χ1) is 7.38. The van der Waals surface area contributed by atoms with Crippen LogP contribution in [0.3, 0.4) is 0 Å². The third-order valence-electron chi connectivity index (χ3n) is 2.97. The van der Waals surface area contributed by atoms with Crippen LogP contribution < -0.4 is 0 Å². The Hall–Kier alpha value is -0.0200. The predicted octanol–water partition coefficient (Wildman–Crippen LogP) is 3.99. The molecule has 0 aromatic rings. The molecule has 0 unspecified atom stereocenters. The molecule has 1 rings (SSSR count). The minimum Gasteiger partial charge on any atom is -0.313 e. The Bertz CT molecular complexity index is 183. The number of rotatable bonds is 8. The molecule has 0 atom stereocenters. The zero-order valence-corrected chi connectivity index (χ0v) is 12.5. The van der Waals surface area contributed by atoms with E-state index in [-0.39, 0.29) is 17.0 Å². The Morgan fingerprint density at radius 2 is 1.69 bits per heavy atom. The summed E-state index contributed by atoms with van der Waals surface area (Å²) in [5.41, 5.74) is 0. The maximum Gasteiger partial charge on any atom is 0.0379 e. The summed E-state index contributed by atoms with van der Waals surface area (Å²) in [4.78, 5) is 0. The van der Waals surface area contributed by atoms with Gasteiger partial charge in [-0.3, -0.25) is 0 Å². The number of nitrogens with zero attached hydrogens (tertiary/aromatic N) is 2. The maximum atomic E-state index is 2.48. The molecular formula is C13H27BrN2. The van der Waals surface area contributed by atoms with Crippen LogP contribution in [0.25, 0.3) is 0 Å².